The molecule has 146 valence electrons. The van der Waals surface area contributed by atoms with E-state index in [1.54, 1.807) is 18.6 Å². The minimum absolute atomic E-state index is 0.112. The van der Waals surface area contributed by atoms with E-state index >= 15 is 0 Å². The highest BCUT2D eigenvalue weighted by atomic mass is 16.6. The molecule has 0 saturated carbocycles. The van der Waals surface area contributed by atoms with Crippen LogP contribution in [0.2, 0.25) is 0 Å². The van der Waals surface area contributed by atoms with E-state index in [2.05, 4.69) is 20.3 Å². The number of pyridine rings is 2. The first kappa shape index (κ1) is 18.5. The molecule has 0 aliphatic carbocycles. The van der Waals surface area contributed by atoms with Crippen molar-refractivity contribution < 1.29 is 9.72 Å². The Kier molecular flexibility index (Phi) is 5.10. The number of aryl methyl sites for hydroxylation is 1. The summed E-state index contributed by atoms with van der Waals surface area (Å²) < 4.78 is 1.48. The van der Waals surface area contributed by atoms with Gasteiger partial charge in [0, 0.05) is 29.6 Å². The molecule has 0 bridgehead atoms. The van der Waals surface area contributed by atoms with Crippen LogP contribution >= 0.6 is 0 Å². The third-order valence-corrected chi connectivity index (χ3v) is 4.64. The van der Waals surface area contributed by atoms with Gasteiger partial charge in [0.05, 0.1) is 23.3 Å². The fourth-order valence-electron chi connectivity index (χ4n) is 3.31. The Morgan fingerprint density at radius 3 is 2.69 bits per heavy atom. The van der Waals surface area contributed by atoms with Crippen LogP contribution in [0, 0.1) is 10.1 Å². The third-order valence-electron chi connectivity index (χ3n) is 4.64. The van der Waals surface area contributed by atoms with Crippen LogP contribution in [0.3, 0.4) is 0 Å². The Bertz CT molecular complexity index is 1200. The number of amides is 1. The maximum absolute atomic E-state index is 12.5. The van der Waals surface area contributed by atoms with Crippen molar-refractivity contribution >= 4 is 39.3 Å². The van der Waals surface area contributed by atoms with Gasteiger partial charge in [0.15, 0.2) is 0 Å². The molecular weight excluding hydrogens is 372 g/mol. The number of carbonyl (C=O) groups is 1. The topological polar surface area (TPSA) is 116 Å². The van der Waals surface area contributed by atoms with Crippen LogP contribution in [0.15, 0.2) is 55.1 Å². The molecule has 4 aromatic rings. The van der Waals surface area contributed by atoms with E-state index in [0.29, 0.717) is 31.5 Å². The Morgan fingerprint density at radius 1 is 1.07 bits per heavy atom. The van der Waals surface area contributed by atoms with E-state index in [9.17, 15) is 14.9 Å². The molecule has 0 aliphatic rings. The van der Waals surface area contributed by atoms with Gasteiger partial charge in [-0.15, -0.1) is 0 Å². The van der Waals surface area contributed by atoms with Gasteiger partial charge in [-0.25, -0.2) is 4.57 Å². The lowest BCUT2D eigenvalue weighted by atomic mass is 10.1. The predicted molar refractivity (Wildman–Crippen MR) is 108 cm³/mol. The number of anilines is 1. The molecule has 9 heteroatoms. The first-order valence-corrected chi connectivity index (χ1v) is 9.21. The minimum atomic E-state index is -0.513. The Labute approximate surface area is 165 Å². The van der Waals surface area contributed by atoms with Crippen molar-refractivity contribution in [2.45, 2.75) is 25.8 Å². The molecule has 0 fully saturated rings. The molecule has 4 rings (SSSR count). The van der Waals surface area contributed by atoms with E-state index in [1.165, 1.54) is 10.8 Å². The summed E-state index contributed by atoms with van der Waals surface area (Å²) >= 11 is 0. The number of benzene rings is 1. The summed E-state index contributed by atoms with van der Waals surface area (Å²) in [6.07, 6.45) is 7.95. The standard InChI is InChI=1S/C20H18N6O3/c27-17(7-1-2-11-25-12-10-23-20(25)26(28)29)24-16-13-14-5-3-8-21-18(14)19-15(16)6-4-9-22-19/h3-6,8-10,12-13H,1-2,7,11H2,(H,24,27). The maximum Gasteiger partial charge on any atom is 0.434 e. The van der Waals surface area contributed by atoms with E-state index in [0.717, 1.165) is 21.8 Å². The summed E-state index contributed by atoms with van der Waals surface area (Å²) in [5.74, 6) is -0.295. The summed E-state index contributed by atoms with van der Waals surface area (Å²) in [6, 6.07) is 9.41. The number of nitro groups is 1. The Balaban J connectivity index is 1.42. The number of fused-ring (bicyclic) bond motifs is 3. The van der Waals surface area contributed by atoms with E-state index in [-0.39, 0.29) is 11.9 Å². The molecule has 0 unspecified atom stereocenters. The monoisotopic (exact) mass is 390 g/mol. The fraction of sp³-hybridized carbons (Fsp3) is 0.200. The van der Waals surface area contributed by atoms with Crippen LogP contribution in [-0.2, 0) is 11.3 Å². The SMILES string of the molecule is O=C(CCCCn1ccnc1[N+](=O)[O-])Nc1cc2cccnc2c2ncccc12. The zero-order chi connectivity index (χ0) is 20.2. The molecule has 0 saturated heterocycles. The fourth-order valence-corrected chi connectivity index (χ4v) is 3.31. The van der Waals surface area contributed by atoms with Crippen molar-refractivity contribution in [2.24, 2.45) is 0 Å². The molecule has 1 amide bonds. The molecule has 3 heterocycles. The van der Waals surface area contributed by atoms with E-state index in [1.807, 2.05) is 30.3 Å². The summed E-state index contributed by atoms with van der Waals surface area (Å²) in [5.41, 5.74) is 2.24. The molecule has 29 heavy (non-hydrogen) atoms. The van der Waals surface area contributed by atoms with Crippen LogP contribution in [-0.4, -0.2) is 30.3 Å². The molecular formula is C20H18N6O3. The quantitative estimate of drug-likeness (QED) is 0.223. The van der Waals surface area contributed by atoms with Gasteiger partial charge in [-0.2, -0.15) is 0 Å². The van der Waals surface area contributed by atoms with Gasteiger partial charge in [0.1, 0.15) is 12.4 Å². The maximum atomic E-state index is 12.5. The summed E-state index contributed by atoms with van der Waals surface area (Å²) in [4.78, 5) is 35.4. The first-order valence-electron chi connectivity index (χ1n) is 9.21. The van der Waals surface area contributed by atoms with Gasteiger partial charge in [0.2, 0.25) is 5.91 Å². The number of nitrogens with one attached hydrogen (secondary N) is 1. The second-order valence-electron chi connectivity index (χ2n) is 6.58. The second-order valence-corrected chi connectivity index (χ2v) is 6.58. The van der Waals surface area contributed by atoms with Crippen molar-refractivity contribution in [3.8, 4) is 0 Å². The Morgan fingerprint density at radius 2 is 1.86 bits per heavy atom. The lowest BCUT2D eigenvalue weighted by Gasteiger charge is -2.10. The highest BCUT2D eigenvalue weighted by Crippen LogP contribution is 2.29. The predicted octanol–water partition coefficient (Wildman–Crippen LogP) is 3.70. The summed E-state index contributed by atoms with van der Waals surface area (Å²) in [7, 11) is 0. The van der Waals surface area contributed by atoms with Gasteiger partial charge >= 0.3 is 5.95 Å². The largest absolute Gasteiger partial charge is 0.434 e. The molecule has 1 N–H and O–H groups in total. The number of hydrogen-bond donors (Lipinski definition) is 1. The zero-order valence-electron chi connectivity index (χ0n) is 15.5. The number of hydrogen-bond acceptors (Lipinski definition) is 6. The summed E-state index contributed by atoms with van der Waals surface area (Å²) in [6.45, 7) is 0.443. The second kappa shape index (κ2) is 8.01. The molecule has 0 radical (unpaired) electrons. The van der Waals surface area contributed by atoms with Crippen LogP contribution in [0.1, 0.15) is 19.3 Å². The Hall–Kier alpha value is -3.88. The number of imidazole rings is 1. The van der Waals surface area contributed by atoms with E-state index < -0.39 is 4.92 Å². The summed E-state index contributed by atoms with van der Waals surface area (Å²) in [5, 5.41) is 15.6. The van der Waals surface area contributed by atoms with Crippen LogP contribution in [0.5, 0.6) is 0 Å². The molecule has 0 atom stereocenters. The molecule has 1 aromatic carbocycles. The van der Waals surface area contributed by atoms with Crippen LogP contribution in [0.4, 0.5) is 11.6 Å². The average Bonchev–Trinajstić information content (AvgIpc) is 3.20. The van der Waals surface area contributed by atoms with Gasteiger partial charge in [-0.3, -0.25) is 14.8 Å². The third kappa shape index (κ3) is 3.88. The number of rotatable bonds is 7. The highest BCUT2D eigenvalue weighted by molar-refractivity contribution is 6.11. The van der Waals surface area contributed by atoms with Gasteiger partial charge in [0.25, 0.3) is 0 Å². The lowest BCUT2D eigenvalue weighted by Crippen LogP contribution is -2.12. The van der Waals surface area contributed by atoms with Crippen molar-refractivity contribution in [3.63, 3.8) is 0 Å². The van der Waals surface area contributed by atoms with Gasteiger partial charge in [-0.1, -0.05) is 11.1 Å². The number of unbranched alkanes of at least 4 members (excludes halogenated alkanes) is 1. The molecule has 3 aromatic heterocycles. The van der Waals surface area contributed by atoms with Gasteiger partial charge in [-0.05, 0) is 42.0 Å². The first-order chi connectivity index (χ1) is 14.1. The highest BCUT2D eigenvalue weighted by Gasteiger charge is 2.14. The van der Waals surface area contributed by atoms with Crippen molar-refractivity contribution in [1.29, 1.82) is 0 Å². The van der Waals surface area contributed by atoms with Crippen LogP contribution in [0.25, 0.3) is 21.8 Å². The van der Waals surface area contributed by atoms with Crippen molar-refractivity contribution in [1.82, 2.24) is 19.5 Å². The zero-order valence-corrected chi connectivity index (χ0v) is 15.5. The molecule has 0 spiro atoms. The van der Waals surface area contributed by atoms with E-state index in [4.69, 9.17) is 0 Å². The van der Waals surface area contributed by atoms with Crippen molar-refractivity contribution in [2.75, 3.05) is 5.32 Å². The molecule has 9 nitrogen and oxygen atoms in total. The molecule has 0 aliphatic heterocycles. The number of nitrogens with zero attached hydrogens (tertiary/aromatic N) is 5. The van der Waals surface area contributed by atoms with Crippen LogP contribution < -0.4 is 5.32 Å². The number of aromatic nitrogens is 4. The van der Waals surface area contributed by atoms with Gasteiger partial charge < -0.3 is 15.4 Å². The smallest absolute Gasteiger partial charge is 0.390 e. The minimum Gasteiger partial charge on any atom is -0.390 e. The normalized spacial score (nSPS) is 11.0. The number of carbonyl (C=O) groups excluding carboxylic acids is 1. The van der Waals surface area contributed by atoms with Crippen molar-refractivity contribution in [3.05, 3.63) is 65.2 Å². The lowest BCUT2D eigenvalue weighted by molar-refractivity contribution is -0.396. The average molecular weight is 390 g/mol.